The lowest BCUT2D eigenvalue weighted by molar-refractivity contribution is -0.122. The van der Waals surface area contributed by atoms with Gasteiger partial charge in [-0.15, -0.1) is 0 Å². The topological polar surface area (TPSA) is 65.5 Å². The Balaban J connectivity index is 1.71. The standard InChI is InChI=1S/C15H23N3O2/c19-10-4-3-9-18(14-6-7-14)12-15(20)17-11-13-5-1-2-8-16-13/h1-2,5,8,14,19H,3-4,6-7,9-12H2,(H,17,20). The van der Waals surface area contributed by atoms with Crippen LogP contribution < -0.4 is 5.32 Å². The van der Waals surface area contributed by atoms with Gasteiger partial charge in [0.25, 0.3) is 0 Å². The van der Waals surface area contributed by atoms with E-state index in [0.29, 0.717) is 19.1 Å². The van der Waals surface area contributed by atoms with Gasteiger partial charge in [0.15, 0.2) is 0 Å². The van der Waals surface area contributed by atoms with Crippen molar-refractivity contribution in [3.8, 4) is 0 Å². The zero-order valence-electron chi connectivity index (χ0n) is 11.8. The molecule has 5 nitrogen and oxygen atoms in total. The summed E-state index contributed by atoms with van der Waals surface area (Å²) >= 11 is 0. The predicted molar refractivity (Wildman–Crippen MR) is 77.0 cm³/mol. The molecule has 2 rings (SSSR count). The molecule has 1 aliphatic carbocycles. The van der Waals surface area contributed by atoms with Crippen molar-refractivity contribution in [2.45, 2.75) is 38.3 Å². The van der Waals surface area contributed by atoms with Crippen molar-refractivity contribution >= 4 is 5.91 Å². The van der Waals surface area contributed by atoms with Crippen molar-refractivity contribution in [1.29, 1.82) is 0 Å². The largest absolute Gasteiger partial charge is 0.396 e. The third kappa shape index (κ3) is 5.27. The number of aliphatic hydroxyl groups is 1. The van der Waals surface area contributed by atoms with Crippen LogP contribution in [0.5, 0.6) is 0 Å². The Hall–Kier alpha value is -1.46. The summed E-state index contributed by atoms with van der Waals surface area (Å²) in [4.78, 5) is 18.4. The van der Waals surface area contributed by atoms with E-state index in [9.17, 15) is 4.79 Å². The predicted octanol–water partition coefficient (Wildman–Crippen LogP) is 0.935. The van der Waals surface area contributed by atoms with Crippen LogP contribution >= 0.6 is 0 Å². The number of amides is 1. The molecule has 1 amide bonds. The Morgan fingerprint density at radius 3 is 2.90 bits per heavy atom. The molecule has 20 heavy (non-hydrogen) atoms. The summed E-state index contributed by atoms with van der Waals surface area (Å²) < 4.78 is 0. The lowest BCUT2D eigenvalue weighted by Gasteiger charge is -2.21. The number of carbonyl (C=O) groups excluding carboxylic acids is 1. The minimum atomic E-state index is 0.0477. The summed E-state index contributed by atoms with van der Waals surface area (Å²) in [5.74, 6) is 0.0477. The van der Waals surface area contributed by atoms with Gasteiger partial charge in [-0.1, -0.05) is 6.07 Å². The molecular weight excluding hydrogens is 254 g/mol. The third-order valence-corrected chi connectivity index (χ3v) is 3.46. The van der Waals surface area contributed by atoms with Gasteiger partial charge in [-0.05, 0) is 44.4 Å². The van der Waals surface area contributed by atoms with Gasteiger partial charge in [0.05, 0.1) is 18.8 Å². The van der Waals surface area contributed by atoms with Crippen LogP contribution in [0.1, 0.15) is 31.4 Å². The van der Waals surface area contributed by atoms with Crippen LogP contribution in [-0.2, 0) is 11.3 Å². The Kier molecular flexibility index (Phi) is 5.95. The van der Waals surface area contributed by atoms with Gasteiger partial charge in [-0.25, -0.2) is 0 Å². The number of hydrogen-bond acceptors (Lipinski definition) is 4. The summed E-state index contributed by atoms with van der Waals surface area (Å²) in [7, 11) is 0. The van der Waals surface area contributed by atoms with Crippen LogP contribution in [0.25, 0.3) is 0 Å². The summed E-state index contributed by atoms with van der Waals surface area (Å²) in [6.45, 7) is 2.05. The number of carbonyl (C=O) groups is 1. The quantitative estimate of drug-likeness (QED) is 0.659. The molecule has 1 aromatic heterocycles. The van der Waals surface area contributed by atoms with Crippen LogP contribution in [0.15, 0.2) is 24.4 Å². The fourth-order valence-electron chi connectivity index (χ4n) is 2.19. The van der Waals surface area contributed by atoms with E-state index in [-0.39, 0.29) is 12.5 Å². The van der Waals surface area contributed by atoms with E-state index in [1.54, 1.807) is 6.20 Å². The zero-order valence-corrected chi connectivity index (χ0v) is 11.8. The number of aliphatic hydroxyl groups excluding tert-OH is 1. The SMILES string of the molecule is O=C(CN(CCCCO)C1CC1)NCc1ccccn1. The van der Waals surface area contributed by atoms with Crippen molar-refractivity contribution in [2.24, 2.45) is 0 Å². The van der Waals surface area contributed by atoms with Gasteiger partial charge in [0.2, 0.25) is 5.91 Å². The Morgan fingerprint density at radius 2 is 2.25 bits per heavy atom. The number of nitrogens with zero attached hydrogens (tertiary/aromatic N) is 2. The van der Waals surface area contributed by atoms with E-state index in [1.807, 2.05) is 18.2 Å². The first kappa shape index (κ1) is 14.9. The highest BCUT2D eigenvalue weighted by Gasteiger charge is 2.29. The molecule has 0 aromatic carbocycles. The normalized spacial score (nSPS) is 14.5. The number of nitrogens with one attached hydrogen (secondary N) is 1. The molecule has 0 spiro atoms. The van der Waals surface area contributed by atoms with E-state index in [0.717, 1.165) is 25.1 Å². The van der Waals surface area contributed by atoms with Crippen LogP contribution in [0.4, 0.5) is 0 Å². The molecule has 1 aliphatic rings. The smallest absolute Gasteiger partial charge is 0.234 e. The highest BCUT2D eigenvalue weighted by Crippen LogP contribution is 2.26. The summed E-state index contributed by atoms with van der Waals surface area (Å²) in [6, 6.07) is 6.25. The maximum Gasteiger partial charge on any atom is 0.234 e. The van der Waals surface area contributed by atoms with E-state index < -0.39 is 0 Å². The average molecular weight is 277 g/mol. The minimum Gasteiger partial charge on any atom is -0.396 e. The number of unbranched alkanes of at least 4 members (excludes halogenated alkanes) is 1. The molecule has 1 heterocycles. The molecule has 0 bridgehead atoms. The van der Waals surface area contributed by atoms with Crippen LogP contribution in [0.3, 0.4) is 0 Å². The van der Waals surface area contributed by atoms with Crippen LogP contribution in [-0.4, -0.2) is 46.6 Å². The molecule has 5 heteroatoms. The van der Waals surface area contributed by atoms with Crippen LogP contribution in [0.2, 0.25) is 0 Å². The van der Waals surface area contributed by atoms with Crippen molar-refractivity contribution in [2.75, 3.05) is 19.7 Å². The Bertz CT molecular complexity index is 407. The average Bonchev–Trinajstić information content (AvgIpc) is 3.30. The maximum atomic E-state index is 12.0. The number of aromatic nitrogens is 1. The van der Waals surface area contributed by atoms with Gasteiger partial charge in [0, 0.05) is 18.8 Å². The molecule has 0 saturated heterocycles. The van der Waals surface area contributed by atoms with Gasteiger partial charge in [0.1, 0.15) is 0 Å². The van der Waals surface area contributed by atoms with Crippen LogP contribution in [0, 0.1) is 0 Å². The lowest BCUT2D eigenvalue weighted by atomic mass is 10.3. The first-order valence-electron chi connectivity index (χ1n) is 7.31. The second kappa shape index (κ2) is 7.97. The Labute approximate surface area is 120 Å². The first-order chi connectivity index (χ1) is 9.79. The molecule has 110 valence electrons. The lowest BCUT2D eigenvalue weighted by Crippen LogP contribution is -2.38. The van der Waals surface area contributed by atoms with Gasteiger partial charge in [-0.2, -0.15) is 0 Å². The maximum absolute atomic E-state index is 12.0. The first-order valence-corrected chi connectivity index (χ1v) is 7.31. The second-order valence-corrected chi connectivity index (χ2v) is 5.23. The highest BCUT2D eigenvalue weighted by atomic mass is 16.2. The molecule has 0 atom stereocenters. The number of pyridine rings is 1. The van der Waals surface area contributed by atoms with Crippen molar-refractivity contribution in [3.05, 3.63) is 30.1 Å². The molecule has 0 radical (unpaired) electrons. The van der Waals surface area contributed by atoms with Crippen molar-refractivity contribution in [3.63, 3.8) is 0 Å². The summed E-state index contributed by atoms with van der Waals surface area (Å²) in [5.41, 5.74) is 0.874. The molecular formula is C15H23N3O2. The molecule has 1 fully saturated rings. The van der Waals surface area contributed by atoms with Gasteiger partial charge < -0.3 is 10.4 Å². The Morgan fingerprint density at radius 1 is 1.40 bits per heavy atom. The third-order valence-electron chi connectivity index (χ3n) is 3.46. The molecule has 1 aromatic rings. The molecule has 0 aliphatic heterocycles. The molecule has 2 N–H and O–H groups in total. The molecule has 0 unspecified atom stereocenters. The summed E-state index contributed by atoms with van der Waals surface area (Å²) in [5, 5.41) is 11.7. The fraction of sp³-hybridized carbons (Fsp3) is 0.600. The number of rotatable bonds is 9. The highest BCUT2D eigenvalue weighted by molar-refractivity contribution is 5.78. The van der Waals surface area contributed by atoms with Gasteiger partial charge in [-0.3, -0.25) is 14.7 Å². The molecule has 1 saturated carbocycles. The monoisotopic (exact) mass is 277 g/mol. The zero-order chi connectivity index (χ0) is 14.2. The van der Waals surface area contributed by atoms with E-state index in [2.05, 4.69) is 15.2 Å². The van der Waals surface area contributed by atoms with E-state index >= 15 is 0 Å². The van der Waals surface area contributed by atoms with Crippen molar-refractivity contribution in [1.82, 2.24) is 15.2 Å². The minimum absolute atomic E-state index is 0.0477. The second-order valence-electron chi connectivity index (χ2n) is 5.23. The fourth-order valence-corrected chi connectivity index (χ4v) is 2.19. The number of hydrogen-bond donors (Lipinski definition) is 2. The summed E-state index contributed by atoms with van der Waals surface area (Å²) in [6.07, 6.45) is 5.85. The van der Waals surface area contributed by atoms with E-state index in [4.69, 9.17) is 5.11 Å². The van der Waals surface area contributed by atoms with Gasteiger partial charge >= 0.3 is 0 Å². The van der Waals surface area contributed by atoms with E-state index in [1.165, 1.54) is 12.8 Å². The van der Waals surface area contributed by atoms with Crippen molar-refractivity contribution < 1.29 is 9.90 Å².